The van der Waals surface area contributed by atoms with Gasteiger partial charge in [-0.15, -0.1) is 0 Å². The van der Waals surface area contributed by atoms with Gasteiger partial charge >= 0.3 is 0 Å². The van der Waals surface area contributed by atoms with Gasteiger partial charge in [0.25, 0.3) is 0 Å². The molecule has 1 aromatic heterocycles. The van der Waals surface area contributed by atoms with Gasteiger partial charge in [0.2, 0.25) is 0 Å². The molecule has 0 aliphatic carbocycles. The van der Waals surface area contributed by atoms with Crippen LogP contribution in [0.5, 0.6) is 0 Å². The highest BCUT2D eigenvalue weighted by atomic mass is 15.0. The van der Waals surface area contributed by atoms with Gasteiger partial charge in [0, 0.05) is 11.8 Å². The summed E-state index contributed by atoms with van der Waals surface area (Å²) in [5.41, 5.74) is 3.60. The molecule has 0 amide bonds. The van der Waals surface area contributed by atoms with Gasteiger partial charge in [-0.2, -0.15) is 0 Å². The second kappa shape index (κ2) is 6.90. The van der Waals surface area contributed by atoms with Crippen LogP contribution in [0.1, 0.15) is 24.9 Å². The first-order valence-corrected chi connectivity index (χ1v) is 7.70. The van der Waals surface area contributed by atoms with E-state index in [1.165, 1.54) is 11.1 Å². The van der Waals surface area contributed by atoms with E-state index >= 15 is 0 Å². The summed E-state index contributed by atoms with van der Waals surface area (Å²) in [6.07, 6.45) is 2.85. The standard InChI is InChI=1S/C20H20N2/c1-2-19(17-12-7-4-8-13-17)22-20-18(14-9-15-21-20)16-10-5-3-6-11-16/h3-15,19H,2H2,1H3,(H,21,22). The van der Waals surface area contributed by atoms with Gasteiger partial charge in [0.1, 0.15) is 5.82 Å². The van der Waals surface area contributed by atoms with Crippen LogP contribution in [0.25, 0.3) is 11.1 Å². The first-order chi connectivity index (χ1) is 10.9. The van der Waals surface area contributed by atoms with E-state index in [0.717, 1.165) is 17.8 Å². The Labute approximate surface area is 131 Å². The second-order valence-corrected chi connectivity index (χ2v) is 5.28. The van der Waals surface area contributed by atoms with Gasteiger partial charge in [-0.3, -0.25) is 0 Å². The topological polar surface area (TPSA) is 24.9 Å². The van der Waals surface area contributed by atoms with Crippen molar-refractivity contribution in [1.29, 1.82) is 0 Å². The molecular formula is C20H20N2. The number of nitrogens with one attached hydrogen (secondary N) is 1. The molecule has 3 aromatic rings. The number of nitrogens with zero attached hydrogens (tertiary/aromatic N) is 1. The largest absolute Gasteiger partial charge is 0.363 e. The lowest BCUT2D eigenvalue weighted by molar-refractivity contribution is 0.745. The number of hydrogen-bond donors (Lipinski definition) is 1. The van der Waals surface area contributed by atoms with Gasteiger partial charge in [-0.1, -0.05) is 67.6 Å². The Morgan fingerprint density at radius 3 is 2.23 bits per heavy atom. The summed E-state index contributed by atoms with van der Waals surface area (Å²) in [7, 11) is 0. The zero-order chi connectivity index (χ0) is 15.2. The van der Waals surface area contributed by atoms with Crippen LogP contribution in [0, 0.1) is 0 Å². The zero-order valence-electron chi connectivity index (χ0n) is 12.7. The molecule has 0 radical (unpaired) electrons. The SMILES string of the molecule is CCC(Nc1ncccc1-c1ccccc1)c1ccccc1. The van der Waals surface area contributed by atoms with Crippen LogP contribution in [0.3, 0.4) is 0 Å². The average Bonchev–Trinajstić information content (AvgIpc) is 2.61. The maximum Gasteiger partial charge on any atom is 0.134 e. The Kier molecular flexibility index (Phi) is 4.50. The predicted octanol–water partition coefficient (Wildman–Crippen LogP) is 5.31. The number of aromatic nitrogens is 1. The van der Waals surface area contributed by atoms with Crippen molar-refractivity contribution in [3.8, 4) is 11.1 Å². The molecule has 1 atom stereocenters. The van der Waals surface area contributed by atoms with Crippen molar-refractivity contribution in [1.82, 2.24) is 4.98 Å². The highest BCUT2D eigenvalue weighted by molar-refractivity contribution is 5.75. The normalized spacial score (nSPS) is 11.9. The summed E-state index contributed by atoms with van der Waals surface area (Å²) < 4.78 is 0. The van der Waals surface area contributed by atoms with Crippen LogP contribution < -0.4 is 5.32 Å². The van der Waals surface area contributed by atoms with Crippen molar-refractivity contribution in [3.05, 3.63) is 84.6 Å². The Morgan fingerprint density at radius 2 is 1.55 bits per heavy atom. The molecule has 1 N–H and O–H groups in total. The van der Waals surface area contributed by atoms with Crippen LogP contribution in [0.4, 0.5) is 5.82 Å². The highest BCUT2D eigenvalue weighted by Crippen LogP contribution is 2.29. The molecule has 1 heterocycles. The molecule has 2 heteroatoms. The van der Waals surface area contributed by atoms with E-state index in [9.17, 15) is 0 Å². The summed E-state index contributed by atoms with van der Waals surface area (Å²) in [5.74, 6) is 0.935. The second-order valence-electron chi connectivity index (χ2n) is 5.28. The van der Waals surface area contributed by atoms with Crippen molar-refractivity contribution in [2.24, 2.45) is 0 Å². The van der Waals surface area contributed by atoms with Crippen LogP contribution >= 0.6 is 0 Å². The smallest absolute Gasteiger partial charge is 0.134 e. The third kappa shape index (κ3) is 3.17. The number of rotatable bonds is 5. The molecule has 2 nitrogen and oxygen atoms in total. The minimum atomic E-state index is 0.263. The molecule has 0 fully saturated rings. The third-order valence-electron chi connectivity index (χ3n) is 3.81. The summed E-state index contributed by atoms with van der Waals surface area (Å²) in [5, 5.41) is 3.60. The van der Waals surface area contributed by atoms with Gasteiger partial charge in [-0.05, 0) is 29.7 Å². The van der Waals surface area contributed by atoms with Crippen molar-refractivity contribution in [2.45, 2.75) is 19.4 Å². The first kappa shape index (κ1) is 14.3. The van der Waals surface area contributed by atoms with Gasteiger partial charge < -0.3 is 5.32 Å². The monoisotopic (exact) mass is 288 g/mol. The van der Waals surface area contributed by atoms with E-state index in [2.05, 4.69) is 71.8 Å². The Morgan fingerprint density at radius 1 is 0.864 bits per heavy atom. The molecule has 110 valence electrons. The Hall–Kier alpha value is -2.61. The third-order valence-corrected chi connectivity index (χ3v) is 3.81. The maximum absolute atomic E-state index is 4.56. The van der Waals surface area contributed by atoms with Crippen LogP contribution in [-0.2, 0) is 0 Å². The summed E-state index contributed by atoms with van der Waals surface area (Å²) in [6, 6.07) is 25.3. The summed E-state index contributed by atoms with van der Waals surface area (Å²) in [4.78, 5) is 4.56. The molecule has 3 rings (SSSR count). The molecule has 0 bridgehead atoms. The van der Waals surface area contributed by atoms with Crippen molar-refractivity contribution in [2.75, 3.05) is 5.32 Å². The molecule has 0 aliphatic heterocycles. The number of hydrogen-bond acceptors (Lipinski definition) is 2. The fourth-order valence-electron chi connectivity index (χ4n) is 2.64. The fourth-order valence-corrected chi connectivity index (χ4v) is 2.64. The lowest BCUT2D eigenvalue weighted by Crippen LogP contribution is -2.11. The molecule has 0 saturated carbocycles. The number of anilines is 1. The summed E-state index contributed by atoms with van der Waals surface area (Å²) >= 11 is 0. The average molecular weight is 288 g/mol. The molecule has 0 spiro atoms. The highest BCUT2D eigenvalue weighted by Gasteiger charge is 2.12. The van der Waals surface area contributed by atoms with Crippen molar-refractivity contribution in [3.63, 3.8) is 0 Å². The van der Waals surface area contributed by atoms with Gasteiger partial charge in [-0.25, -0.2) is 4.98 Å². The van der Waals surface area contributed by atoms with Crippen molar-refractivity contribution < 1.29 is 0 Å². The predicted molar refractivity (Wildman–Crippen MR) is 92.8 cm³/mol. The summed E-state index contributed by atoms with van der Waals surface area (Å²) in [6.45, 7) is 2.19. The van der Waals surface area contributed by atoms with Crippen molar-refractivity contribution >= 4 is 5.82 Å². The minimum Gasteiger partial charge on any atom is -0.363 e. The fraction of sp³-hybridized carbons (Fsp3) is 0.150. The quantitative estimate of drug-likeness (QED) is 0.688. The van der Waals surface area contributed by atoms with E-state index < -0.39 is 0 Å². The van der Waals surface area contributed by atoms with Crippen LogP contribution in [0.2, 0.25) is 0 Å². The lowest BCUT2D eigenvalue weighted by atomic mass is 10.0. The van der Waals surface area contributed by atoms with Crippen LogP contribution in [0.15, 0.2) is 79.0 Å². The van der Waals surface area contributed by atoms with Gasteiger partial charge in [0.05, 0.1) is 6.04 Å². The first-order valence-electron chi connectivity index (χ1n) is 7.70. The minimum absolute atomic E-state index is 0.263. The van der Waals surface area contributed by atoms with E-state index in [0.29, 0.717) is 0 Å². The van der Waals surface area contributed by atoms with Gasteiger partial charge in [0.15, 0.2) is 0 Å². The Bertz CT molecular complexity index is 708. The molecule has 22 heavy (non-hydrogen) atoms. The molecule has 1 unspecified atom stereocenters. The molecule has 0 aliphatic rings. The molecule has 2 aromatic carbocycles. The zero-order valence-corrected chi connectivity index (χ0v) is 12.7. The van der Waals surface area contributed by atoms with E-state index in [1.807, 2.05) is 24.4 Å². The lowest BCUT2D eigenvalue weighted by Gasteiger charge is -2.20. The van der Waals surface area contributed by atoms with Crippen LogP contribution in [-0.4, -0.2) is 4.98 Å². The van der Waals surface area contributed by atoms with E-state index in [-0.39, 0.29) is 6.04 Å². The number of benzene rings is 2. The number of pyridine rings is 1. The molecule has 0 saturated heterocycles. The van der Waals surface area contributed by atoms with E-state index in [1.54, 1.807) is 0 Å². The Balaban J connectivity index is 1.92. The van der Waals surface area contributed by atoms with E-state index in [4.69, 9.17) is 0 Å². The maximum atomic E-state index is 4.56. The molecular weight excluding hydrogens is 268 g/mol.